The molecule has 1 aromatic heterocycles. The summed E-state index contributed by atoms with van der Waals surface area (Å²) >= 11 is 5.81. The molecule has 0 amide bonds. The summed E-state index contributed by atoms with van der Waals surface area (Å²) in [6, 6.07) is 12.1. The van der Waals surface area contributed by atoms with Crippen molar-refractivity contribution in [3.8, 4) is 16.9 Å². The van der Waals surface area contributed by atoms with E-state index in [-0.39, 0.29) is 9.92 Å². The van der Waals surface area contributed by atoms with Crippen LogP contribution in [0.3, 0.4) is 0 Å². The van der Waals surface area contributed by atoms with Crippen molar-refractivity contribution in [2.75, 3.05) is 0 Å². The summed E-state index contributed by atoms with van der Waals surface area (Å²) in [6.45, 7) is 0. The van der Waals surface area contributed by atoms with Gasteiger partial charge in [-0.3, -0.25) is 0 Å². The highest BCUT2D eigenvalue weighted by molar-refractivity contribution is 7.89. The Hall–Kier alpha value is -2.22. The van der Waals surface area contributed by atoms with E-state index < -0.39 is 15.8 Å². The molecule has 0 spiro atoms. The number of benzene rings is 2. The van der Waals surface area contributed by atoms with Gasteiger partial charge in [0.05, 0.1) is 22.6 Å². The Labute approximate surface area is 137 Å². The maximum atomic E-state index is 13.3. The number of para-hydroxylation sites is 1. The van der Waals surface area contributed by atoms with Gasteiger partial charge in [0.15, 0.2) is 0 Å². The molecule has 3 rings (SSSR count). The summed E-state index contributed by atoms with van der Waals surface area (Å²) in [4.78, 5) is -0.0573. The van der Waals surface area contributed by atoms with Gasteiger partial charge in [-0.25, -0.2) is 22.6 Å². The van der Waals surface area contributed by atoms with Gasteiger partial charge >= 0.3 is 0 Å². The van der Waals surface area contributed by atoms with E-state index in [9.17, 15) is 12.8 Å². The normalized spacial score (nSPS) is 11.6. The smallest absolute Gasteiger partial charge is 0.232 e. The second-order valence-corrected chi connectivity index (χ2v) is 6.71. The Morgan fingerprint density at radius 2 is 1.87 bits per heavy atom. The first-order valence-electron chi connectivity index (χ1n) is 6.49. The van der Waals surface area contributed by atoms with Gasteiger partial charge in [0, 0.05) is 5.56 Å². The third-order valence-corrected chi connectivity index (χ3v) is 4.51. The van der Waals surface area contributed by atoms with Gasteiger partial charge in [-0.2, -0.15) is 5.10 Å². The Morgan fingerprint density at radius 3 is 2.57 bits per heavy atom. The molecular weight excluding hydrogens is 341 g/mol. The van der Waals surface area contributed by atoms with Gasteiger partial charge in [0.1, 0.15) is 10.7 Å². The highest BCUT2D eigenvalue weighted by Gasteiger charge is 2.18. The van der Waals surface area contributed by atoms with Crippen LogP contribution in [0.1, 0.15) is 0 Å². The van der Waals surface area contributed by atoms with Crippen molar-refractivity contribution in [3.63, 3.8) is 0 Å². The molecule has 0 atom stereocenters. The molecule has 0 saturated heterocycles. The summed E-state index contributed by atoms with van der Waals surface area (Å²) in [6.07, 6.45) is 1.51. The van der Waals surface area contributed by atoms with Crippen LogP contribution in [0.4, 0.5) is 4.39 Å². The Balaban J connectivity index is 2.22. The molecule has 0 fully saturated rings. The molecule has 8 heteroatoms. The summed E-state index contributed by atoms with van der Waals surface area (Å²) < 4.78 is 38.3. The van der Waals surface area contributed by atoms with Gasteiger partial charge in [-0.1, -0.05) is 23.7 Å². The number of nitrogens with two attached hydrogens (primary N) is 1. The van der Waals surface area contributed by atoms with Crippen LogP contribution in [0.25, 0.3) is 16.9 Å². The number of rotatable bonds is 3. The molecule has 0 aliphatic heterocycles. The third-order valence-electron chi connectivity index (χ3n) is 3.26. The summed E-state index contributed by atoms with van der Waals surface area (Å²) in [5.74, 6) is -0.536. The van der Waals surface area contributed by atoms with Crippen LogP contribution in [0, 0.1) is 5.82 Å². The van der Waals surface area contributed by atoms with E-state index in [4.69, 9.17) is 16.7 Å². The summed E-state index contributed by atoms with van der Waals surface area (Å²) in [7, 11) is -3.92. The molecule has 5 nitrogen and oxygen atoms in total. The number of primary sulfonamides is 1. The zero-order valence-corrected chi connectivity index (χ0v) is 13.2. The fourth-order valence-corrected chi connectivity index (χ4v) is 3.14. The zero-order chi connectivity index (χ0) is 16.6. The molecular formula is C15H11ClFN3O2S. The van der Waals surface area contributed by atoms with E-state index in [1.54, 1.807) is 24.3 Å². The minimum atomic E-state index is -3.92. The number of hydrogen-bond donors (Lipinski definition) is 1. The van der Waals surface area contributed by atoms with Crippen LogP contribution < -0.4 is 5.14 Å². The fraction of sp³-hybridized carbons (Fsp3) is 0. The molecule has 0 radical (unpaired) electrons. The SMILES string of the molecule is NS(=O)(=O)c1ccccc1-n1nccc1-c1ccc(F)c(Cl)c1. The lowest BCUT2D eigenvalue weighted by atomic mass is 10.1. The maximum absolute atomic E-state index is 13.3. The second-order valence-electron chi connectivity index (χ2n) is 4.77. The monoisotopic (exact) mass is 351 g/mol. The van der Waals surface area contributed by atoms with Crippen molar-refractivity contribution < 1.29 is 12.8 Å². The van der Waals surface area contributed by atoms with Crippen LogP contribution in [-0.4, -0.2) is 18.2 Å². The molecule has 0 aliphatic rings. The zero-order valence-electron chi connectivity index (χ0n) is 11.6. The van der Waals surface area contributed by atoms with Crippen LogP contribution in [0.5, 0.6) is 0 Å². The van der Waals surface area contributed by atoms with Crippen molar-refractivity contribution in [1.29, 1.82) is 0 Å². The summed E-state index contributed by atoms with van der Waals surface area (Å²) in [5, 5.41) is 9.37. The Morgan fingerprint density at radius 1 is 1.13 bits per heavy atom. The van der Waals surface area contributed by atoms with E-state index in [1.165, 1.54) is 35.1 Å². The molecule has 0 unspecified atom stereocenters. The van der Waals surface area contributed by atoms with E-state index in [0.717, 1.165) is 0 Å². The molecule has 1 heterocycles. The summed E-state index contributed by atoms with van der Waals surface area (Å²) in [5.41, 5.74) is 1.46. The number of halogens is 2. The molecule has 118 valence electrons. The average Bonchev–Trinajstić information content (AvgIpc) is 2.98. The first-order chi connectivity index (χ1) is 10.9. The molecule has 23 heavy (non-hydrogen) atoms. The van der Waals surface area contributed by atoms with E-state index in [0.29, 0.717) is 16.9 Å². The molecule has 2 aromatic carbocycles. The van der Waals surface area contributed by atoms with Crippen LogP contribution >= 0.6 is 11.6 Å². The number of aromatic nitrogens is 2. The Kier molecular flexibility index (Phi) is 3.93. The minimum absolute atomic E-state index is 0.0324. The van der Waals surface area contributed by atoms with Crippen molar-refractivity contribution >= 4 is 21.6 Å². The average molecular weight is 352 g/mol. The number of nitrogens with zero attached hydrogens (tertiary/aromatic N) is 2. The van der Waals surface area contributed by atoms with E-state index in [2.05, 4.69) is 5.10 Å². The Bertz CT molecular complexity index is 986. The topological polar surface area (TPSA) is 78.0 Å². The molecule has 2 N–H and O–H groups in total. The number of hydrogen-bond acceptors (Lipinski definition) is 3. The van der Waals surface area contributed by atoms with Crippen molar-refractivity contribution in [3.05, 3.63) is 65.6 Å². The van der Waals surface area contributed by atoms with Gasteiger partial charge in [0.2, 0.25) is 10.0 Å². The largest absolute Gasteiger partial charge is 0.240 e. The lowest BCUT2D eigenvalue weighted by molar-refractivity contribution is 0.596. The van der Waals surface area contributed by atoms with E-state index in [1.807, 2.05) is 0 Å². The molecule has 0 aliphatic carbocycles. The predicted octanol–water partition coefficient (Wildman–Crippen LogP) is 2.98. The molecule has 0 saturated carbocycles. The minimum Gasteiger partial charge on any atom is -0.232 e. The quantitative estimate of drug-likeness (QED) is 0.788. The predicted molar refractivity (Wildman–Crippen MR) is 85.3 cm³/mol. The highest BCUT2D eigenvalue weighted by atomic mass is 35.5. The van der Waals surface area contributed by atoms with Crippen molar-refractivity contribution in [1.82, 2.24) is 9.78 Å². The van der Waals surface area contributed by atoms with Crippen molar-refractivity contribution in [2.24, 2.45) is 5.14 Å². The van der Waals surface area contributed by atoms with Gasteiger partial charge < -0.3 is 0 Å². The van der Waals surface area contributed by atoms with Gasteiger partial charge in [-0.05, 0) is 36.4 Å². The van der Waals surface area contributed by atoms with Crippen LogP contribution in [0.2, 0.25) is 5.02 Å². The number of sulfonamides is 1. The van der Waals surface area contributed by atoms with Crippen LogP contribution in [0.15, 0.2) is 59.6 Å². The molecule has 3 aromatic rings. The van der Waals surface area contributed by atoms with Crippen molar-refractivity contribution in [2.45, 2.75) is 4.90 Å². The lowest BCUT2D eigenvalue weighted by Gasteiger charge is -2.11. The standard InChI is InChI=1S/C15H11ClFN3O2S/c16-11-9-10(5-6-12(11)17)13-7-8-19-20(13)14-3-1-2-4-15(14)23(18,21)22/h1-9H,(H2,18,21,22). The third kappa shape index (κ3) is 2.98. The second kappa shape index (κ2) is 5.77. The van der Waals surface area contributed by atoms with Gasteiger partial charge in [0.25, 0.3) is 0 Å². The first-order valence-corrected chi connectivity index (χ1v) is 8.42. The van der Waals surface area contributed by atoms with E-state index >= 15 is 0 Å². The molecule has 0 bridgehead atoms. The highest BCUT2D eigenvalue weighted by Crippen LogP contribution is 2.28. The first kappa shape index (κ1) is 15.7. The van der Waals surface area contributed by atoms with Crippen LogP contribution in [-0.2, 0) is 10.0 Å². The maximum Gasteiger partial charge on any atom is 0.240 e. The lowest BCUT2D eigenvalue weighted by Crippen LogP contribution is -2.16. The fourth-order valence-electron chi connectivity index (χ4n) is 2.24. The van der Waals surface area contributed by atoms with Gasteiger partial charge in [-0.15, -0.1) is 0 Å².